The highest BCUT2D eigenvalue weighted by Gasteiger charge is 2.25. The highest BCUT2D eigenvalue weighted by molar-refractivity contribution is 6.44. The molecule has 8 nitrogen and oxygen atoms in total. The lowest BCUT2D eigenvalue weighted by atomic mass is 10.2. The van der Waals surface area contributed by atoms with Crippen LogP contribution in [0.3, 0.4) is 0 Å². The number of morpholine rings is 2. The van der Waals surface area contributed by atoms with Crippen LogP contribution in [-0.4, -0.2) is 77.7 Å². The summed E-state index contributed by atoms with van der Waals surface area (Å²) in [6.45, 7) is 5.22. The Kier molecular flexibility index (Phi) is 7.45. The fourth-order valence-corrected chi connectivity index (χ4v) is 4.00. The summed E-state index contributed by atoms with van der Waals surface area (Å²) in [6, 6.07) is 11.6. The van der Waals surface area contributed by atoms with Gasteiger partial charge in [0.15, 0.2) is 6.17 Å². The molecule has 0 saturated carbocycles. The van der Waals surface area contributed by atoms with E-state index in [0.29, 0.717) is 58.4 Å². The van der Waals surface area contributed by atoms with Gasteiger partial charge in [0.25, 0.3) is 0 Å². The zero-order valence-corrected chi connectivity index (χ0v) is 18.6. The molecule has 4 rings (SSSR count). The summed E-state index contributed by atoms with van der Waals surface area (Å²) < 4.78 is 12.2. The number of hydrogen-bond acceptors (Lipinski definition) is 6. The Morgan fingerprint density at radius 1 is 0.968 bits per heavy atom. The van der Waals surface area contributed by atoms with Crippen molar-refractivity contribution < 1.29 is 9.47 Å². The Labute approximate surface area is 191 Å². The van der Waals surface area contributed by atoms with Crippen molar-refractivity contribution in [3.8, 4) is 0 Å². The Hall–Kier alpha value is -2.13. The Bertz CT molecular complexity index is 942. The summed E-state index contributed by atoms with van der Waals surface area (Å²) in [6.07, 6.45) is 0.841. The number of alkyl halides is 2. The van der Waals surface area contributed by atoms with Crippen LogP contribution in [0.5, 0.6) is 0 Å². The fourth-order valence-electron chi connectivity index (χ4n) is 3.64. The molecule has 31 heavy (non-hydrogen) atoms. The minimum absolute atomic E-state index is 0.446. The number of nitrogens with zero attached hydrogens (tertiary/aromatic N) is 5. The van der Waals surface area contributed by atoms with Gasteiger partial charge in [0.05, 0.1) is 26.4 Å². The van der Waals surface area contributed by atoms with Crippen molar-refractivity contribution in [2.75, 3.05) is 57.5 Å². The van der Waals surface area contributed by atoms with Gasteiger partial charge in [0, 0.05) is 37.9 Å². The number of aromatic nitrogens is 2. The lowest BCUT2D eigenvalue weighted by Crippen LogP contribution is -2.42. The topological polar surface area (TPSA) is 72.2 Å². The van der Waals surface area contributed by atoms with Crippen LogP contribution >= 0.6 is 23.2 Å². The van der Waals surface area contributed by atoms with Gasteiger partial charge in [-0.15, -0.1) is 23.2 Å². The lowest BCUT2D eigenvalue weighted by Gasteiger charge is -2.31. The molecule has 0 bridgehead atoms. The van der Waals surface area contributed by atoms with Crippen LogP contribution < -0.4 is 10.6 Å². The van der Waals surface area contributed by atoms with E-state index < -0.39 is 16.7 Å². The van der Waals surface area contributed by atoms with Crippen LogP contribution in [0.15, 0.2) is 52.4 Å². The van der Waals surface area contributed by atoms with E-state index in [1.807, 2.05) is 35.2 Å². The molecule has 2 fully saturated rings. The van der Waals surface area contributed by atoms with Crippen LogP contribution in [-0.2, 0) is 9.47 Å². The van der Waals surface area contributed by atoms with E-state index in [4.69, 9.17) is 37.7 Å². The molecule has 0 amide bonds. The number of benzene rings is 1. The largest absolute Gasteiger partial charge is 0.378 e. The second kappa shape index (κ2) is 10.5. The molecule has 10 heteroatoms. The van der Waals surface area contributed by atoms with Crippen LogP contribution in [0.25, 0.3) is 0 Å². The second-order valence-corrected chi connectivity index (χ2v) is 8.41. The quantitative estimate of drug-likeness (QED) is 0.382. The van der Waals surface area contributed by atoms with E-state index in [1.165, 1.54) is 4.57 Å². The van der Waals surface area contributed by atoms with E-state index in [9.17, 15) is 4.79 Å². The molecule has 1 unspecified atom stereocenters. The SMILES string of the molecule is O=c1nc(N2CCOCC2)ccn1C(N=C(c1ccccc1)N1CCOCC1)C(Cl)Cl. The minimum atomic E-state index is -0.937. The van der Waals surface area contributed by atoms with Gasteiger partial charge in [-0.2, -0.15) is 4.98 Å². The van der Waals surface area contributed by atoms with Gasteiger partial charge in [-0.05, 0) is 6.07 Å². The van der Waals surface area contributed by atoms with Gasteiger partial charge >= 0.3 is 5.69 Å². The summed E-state index contributed by atoms with van der Waals surface area (Å²) in [5, 5.41) is 0. The molecule has 2 aliphatic rings. The van der Waals surface area contributed by atoms with Crippen molar-refractivity contribution in [3.05, 3.63) is 58.6 Å². The normalized spacial score (nSPS) is 19.0. The maximum atomic E-state index is 12.9. The maximum Gasteiger partial charge on any atom is 0.351 e. The van der Waals surface area contributed by atoms with E-state index in [1.54, 1.807) is 12.3 Å². The van der Waals surface area contributed by atoms with Crippen molar-refractivity contribution in [2.45, 2.75) is 11.0 Å². The molecule has 2 saturated heterocycles. The summed E-state index contributed by atoms with van der Waals surface area (Å²) in [4.78, 5) is 25.2. The average molecular weight is 466 g/mol. The van der Waals surface area contributed by atoms with Crippen LogP contribution in [0.2, 0.25) is 0 Å². The third kappa shape index (κ3) is 5.38. The smallest absolute Gasteiger partial charge is 0.351 e. The van der Waals surface area contributed by atoms with Crippen LogP contribution in [0.1, 0.15) is 11.7 Å². The Morgan fingerprint density at radius 3 is 2.23 bits per heavy atom. The molecule has 166 valence electrons. The molecule has 1 atom stereocenters. The van der Waals surface area contributed by atoms with Gasteiger partial charge in [0.1, 0.15) is 16.5 Å². The lowest BCUT2D eigenvalue weighted by molar-refractivity contribution is 0.0680. The molecule has 0 aliphatic carbocycles. The Balaban J connectivity index is 1.69. The molecule has 2 aliphatic heterocycles. The summed E-state index contributed by atoms with van der Waals surface area (Å²) in [5.41, 5.74) is 0.479. The van der Waals surface area contributed by atoms with Crippen molar-refractivity contribution >= 4 is 34.9 Å². The molecule has 1 aromatic heterocycles. The maximum absolute atomic E-state index is 12.9. The zero-order valence-electron chi connectivity index (χ0n) is 17.1. The Morgan fingerprint density at radius 2 is 1.61 bits per heavy atom. The van der Waals surface area contributed by atoms with E-state index in [-0.39, 0.29) is 0 Å². The average Bonchev–Trinajstić information content (AvgIpc) is 2.82. The molecule has 0 spiro atoms. The highest BCUT2D eigenvalue weighted by atomic mass is 35.5. The predicted molar refractivity (Wildman–Crippen MR) is 121 cm³/mol. The molecule has 3 heterocycles. The first kappa shape index (κ1) is 22.1. The van der Waals surface area contributed by atoms with Crippen molar-refractivity contribution in [1.29, 1.82) is 0 Å². The predicted octanol–water partition coefficient (Wildman–Crippen LogP) is 2.16. The van der Waals surface area contributed by atoms with Gasteiger partial charge in [-0.25, -0.2) is 9.79 Å². The third-order valence-electron chi connectivity index (χ3n) is 5.26. The summed E-state index contributed by atoms with van der Waals surface area (Å²) in [5.74, 6) is 1.34. The number of amidine groups is 1. The number of anilines is 1. The molecule has 0 N–H and O–H groups in total. The van der Waals surface area contributed by atoms with E-state index in [2.05, 4.69) is 9.88 Å². The number of hydrogen-bond donors (Lipinski definition) is 0. The molecular formula is C21H25Cl2N5O3. The fraction of sp³-hybridized carbons (Fsp3) is 0.476. The summed E-state index contributed by atoms with van der Waals surface area (Å²) >= 11 is 12.6. The van der Waals surface area contributed by atoms with Gasteiger partial charge in [-0.3, -0.25) is 4.57 Å². The third-order valence-corrected chi connectivity index (χ3v) is 5.71. The number of ether oxygens (including phenoxy) is 2. The second-order valence-electron chi connectivity index (χ2n) is 7.24. The standard InChI is InChI=1S/C21H25Cl2N5O3/c22-18(23)20(28-7-6-17(24-21(28)29)26-8-12-30-13-9-26)25-19(16-4-2-1-3-5-16)27-10-14-31-15-11-27/h1-7,18,20H,8-15H2. The first-order chi connectivity index (χ1) is 15.1. The van der Waals surface area contributed by atoms with Crippen molar-refractivity contribution in [3.63, 3.8) is 0 Å². The first-order valence-corrected chi connectivity index (χ1v) is 11.2. The molecule has 0 radical (unpaired) electrons. The first-order valence-electron chi connectivity index (χ1n) is 10.3. The number of rotatable bonds is 5. The van der Waals surface area contributed by atoms with Crippen LogP contribution in [0.4, 0.5) is 5.82 Å². The van der Waals surface area contributed by atoms with Gasteiger partial charge in [-0.1, -0.05) is 30.3 Å². The monoisotopic (exact) mass is 465 g/mol. The molecule has 1 aromatic carbocycles. The summed E-state index contributed by atoms with van der Waals surface area (Å²) in [7, 11) is 0. The van der Waals surface area contributed by atoms with Gasteiger partial charge in [0.2, 0.25) is 0 Å². The van der Waals surface area contributed by atoms with E-state index >= 15 is 0 Å². The number of halogens is 2. The van der Waals surface area contributed by atoms with E-state index in [0.717, 1.165) is 11.4 Å². The van der Waals surface area contributed by atoms with Gasteiger partial charge < -0.3 is 19.3 Å². The molecular weight excluding hydrogens is 441 g/mol. The van der Waals surface area contributed by atoms with Crippen LogP contribution in [0, 0.1) is 0 Å². The highest BCUT2D eigenvalue weighted by Crippen LogP contribution is 2.24. The minimum Gasteiger partial charge on any atom is -0.378 e. The number of aliphatic imine (C=N–C) groups is 1. The zero-order chi connectivity index (χ0) is 21.6. The van der Waals surface area contributed by atoms with Crippen molar-refractivity contribution in [1.82, 2.24) is 14.5 Å². The van der Waals surface area contributed by atoms with Crippen molar-refractivity contribution in [2.24, 2.45) is 4.99 Å². The molecule has 2 aromatic rings.